The van der Waals surface area contributed by atoms with Crippen LogP contribution in [0.1, 0.15) is 12.8 Å². The van der Waals surface area contributed by atoms with Crippen molar-refractivity contribution in [2.75, 3.05) is 24.5 Å². The molecule has 9 heteroatoms. The summed E-state index contributed by atoms with van der Waals surface area (Å²) in [6, 6.07) is 4.83. The number of hydrogen-bond acceptors (Lipinski definition) is 6. The first-order chi connectivity index (χ1) is 13.6. The second kappa shape index (κ2) is 6.95. The smallest absolute Gasteiger partial charge is 0.181 e. The number of rotatable bonds is 4. The number of fused-ring (bicyclic) bond motifs is 1. The quantitative estimate of drug-likeness (QED) is 0.620. The van der Waals surface area contributed by atoms with Gasteiger partial charge in [0.1, 0.15) is 11.5 Å². The third-order valence-corrected chi connectivity index (χ3v) is 5.78. The minimum atomic E-state index is -0.521. The second-order valence-corrected chi connectivity index (χ2v) is 7.84. The minimum Gasteiger partial charge on any atom is -0.391 e. The molecule has 146 valence electrons. The molecule has 1 saturated heterocycles. The molecule has 3 aromatic heterocycles. The van der Waals surface area contributed by atoms with E-state index in [0.29, 0.717) is 48.1 Å². The van der Waals surface area contributed by atoms with Crippen molar-refractivity contribution in [3.63, 3.8) is 0 Å². The van der Waals surface area contributed by atoms with E-state index >= 15 is 0 Å². The zero-order valence-electron chi connectivity index (χ0n) is 15.1. The summed E-state index contributed by atoms with van der Waals surface area (Å²) in [4.78, 5) is 10.7. The number of aromatic nitrogens is 4. The van der Waals surface area contributed by atoms with Crippen LogP contribution in [0.25, 0.3) is 22.4 Å². The van der Waals surface area contributed by atoms with Crippen molar-refractivity contribution in [3.8, 4) is 11.4 Å². The molecule has 2 aliphatic rings. The Morgan fingerprint density at radius 1 is 1.36 bits per heavy atom. The molecular weight excluding hydrogens is 383 g/mol. The highest BCUT2D eigenvalue weighted by Gasteiger charge is 2.37. The summed E-state index contributed by atoms with van der Waals surface area (Å²) in [5, 5.41) is 21.8. The van der Waals surface area contributed by atoms with E-state index in [1.54, 1.807) is 12.3 Å². The van der Waals surface area contributed by atoms with Gasteiger partial charge in [-0.05, 0) is 37.0 Å². The van der Waals surface area contributed by atoms with E-state index in [2.05, 4.69) is 25.5 Å². The van der Waals surface area contributed by atoms with Gasteiger partial charge < -0.3 is 15.3 Å². The molecule has 2 unspecified atom stereocenters. The average Bonchev–Trinajstić information content (AvgIpc) is 3.47. The number of hydrogen-bond donors (Lipinski definition) is 3. The number of nitrogens with one attached hydrogen (secondary N) is 2. The Balaban J connectivity index is 1.51. The van der Waals surface area contributed by atoms with E-state index in [1.807, 2.05) is 11.0 Å². The van der Waals surface area contributed by atoms with Crippen LogP contribution < -0.4 is 10.2 Å². The van der Waals surface area contributed by atoms with Gasteiger partial charge >= 0.3 is 0 Å². The molecule has 2 fully saturated rings. The van der Waals surface area contributed by atoms with Crippen molar-refractivity contribution in [2.45, 2.75) is 25.0 Å². The van der Waals surface area contributed by atoms with Crippen LogP contribution in [0.4, 0.5) is 10.2 Å². The lowest BCUT2D eigenvalue weighted by molar-refractivity contribution is 0.103. The number of aromatic amines is 1. The summed E-state index contributed by atoms with van der Waals surface area (Å²) in [5.74, 6) is 0.362. The second-order valence-electron chi connectivity index (χ2n) is 7.43. The average molecular weight is 403 g/mol. The van der Waals surface area contributed by atoms with Gasteiger partial charge in [-0.2, -0.15) is 5.10 Å². The monoisotopic (exact) mass is 402 g/mol. The molecule has 0 bridgehead atoms. The summed E-state index contributed by atoms with van der Waals surface area (Å²) in [6.07, 6.45) is 3.39. The van der Waals surface area contributed by atoms with Crippen molar-refractivity contribution in [2.24, 2.45) is 5.92 Å². The molecule has 3 aromatic rings. The molecule has 1 saturated carbocycles. The zero-order valence-corrected chi connectivity index (χ0v) is 15.8. The van der Waals surface area contributed by atoms with Crippen LogP contribution in [0.5, 0.6) is 0 Å². The molecule has 28 heavy (non-hydrogen) atoms. The van der Waals surface area contributed by atoms with Crippen molar-refractivity contribution in [3.05, 3.63) is 35.2 Å². The number of aliphatic hydroxyl groups is 1. The van der Waals surface area contributed by atoms with Gasteiger partial charge in [0.15, 0.2) is 11.5 Å². The van der Waals surface area contributed by atoms with Gasteiger partial charge in [-0.3, -0.25) is 5.10 Å². The normalized spacial score (nSPS) is 21.2. The fourth-order valence-electron chi connectivity index (χ4n) is 3.85. The summed E-state index contributed by atoms with van der Waals surface area (Å²) >= 11 is 6.35. The summed E-state index contributed by atoms with van der Waals surface area (Å²) in [6.45, 7) is 1.95. The molecule has 1 aliphatic heterocycles. The molecule has 0 radical (unpaired) electrons. The van der Waals surface area contributed by atoms with E-state index in [4.69, 9.17) is 11.6 Å². The molecule has 0 aromatic carbocycles. The SMILES string of the molecule is OC(C1CC1)C1CN(c2nc(-c3[nH]nc4ncccc34)c(F)cc2Cl)CCN1. The van der Waals surface area contributed by atoms with Crippen LogP contribution in [0.15, 0.2) is 24.4 Å². The Bertz CT molecular complexity index is 1020. The van der Waals surface area contributed by atoms with Crippen LogP contribution in [0, 0.1) is 11.7 Å². The molecule has 3 N–H and O–H groups in total. The minimum absolute atomic E-state index is 0.0511. The largest absolute Gasteiger partial charge is 0.391 e. The lowest BCUT2D eigenvalue weighted by Crippen LogP contribution is -2.56. The predicted octanol–water partition coefficient (Wildman–Crippen LogP) is 2.36. The summed E-state index contributed by atoms with van der Waals surface area (Å²) < 4.78 is 14.7. The Morgan fingerprint density at radius 3 is 3.04 bits per heavy atom. The van der Waals surface area contributed by atoms with E-state index in [-0.39, 0.29) is 22.9 Å². The lowest BCUT2D eigenvalue weighted by atomic mass is 10.0. The molecule has 4 heterocycles. The highest BCUT2D eigenvalue weighted by Crippen LogP contribution is 2.36. The molecule has 0 amide bonds. The van der Waals surface area contributed by atoms with Gasteiger partial charge in [-0.15, -0.1) is 0 Å². The first kappa shape index (κ1) is 17.8. The van der Waals surface area contributed by atoms with Crippen LogP contribution in [0.2, 0.25) is 5.02 Å². The Kier molecular flexibility index (Phi) is 4.41. The fourth-order valence-corrected chi connectivity index (χ4v) is 4.11. The number of pyridine rings is 2. The first-order valence-electron chi connectivity index (χ1n) is 9.43. The van der Waals surface area contributed by atoms with Crippen LogP contribution >= 0.6 is 11.6 Å². The van der Waals surface area contributed by atoms with Crippen molar-refractivity contribution >= 4 is 28.5 Å². The molecule has 7 nitrogen and oxygen atoms in total. The number of nitrogens with zero attached hydrogens (tertiary/aromatic N) is 4. The van der Waals surface area contributed by atoms with E-state index < -0.39 is 5.82 Å². The standard InChI is InChI=1S/C19H20ClFN6O/c20-12-8-13(21)16(15-11-2-1-5-23-18(11)26-25-15)24-19(12)27-7-6-22-14(9-27)17(28)10-3-4-10/h1-2,5,8,10,14,17,22,28H,3-4,6-7,9H2,(H,23,25,26). The molecular formula is C19H20ClFN6O. The Hall–Kier alpha value is -2.29. The van der Waals surface area contributed by atoms with Crippen LogP contribution in [0.3, 0.4) is 0 Å². The van der Waals surface area contributed by atoms with Crippen molar-refractivity contribution < 1.29 is 9.50 Å². The van der Waals surface area contributed by atoms with Crippen molar-refractivity contribution in [1.29, 1.82) is 0 Å². The van der Waals surface area contributed by atoms with Gasteiger partial charge in [-0.25, -0.2) is 14.4 Å². The maximum Gasteiger partial charge on any atom is 0.181 e. The molecule has 1 aliphatic carbocycles. The Labute approximate surface area is 165 Å². The van der Waals surface area contributed by atoms with Gasteiger partial charge in [0.2, 0.25) is 0 Å². The van der Waals surface area contributed by atoms with E-state index in [0.717, 1.165) is 12.8 Å². The fraction of sp³-hybridized carbons (Fsp3) is 0.421. The van der Waals surface area contributed by atoms with Crippen LogP contribution in [-0.4, -0.2) is 57.1 Å². The van der Waals surface area contributed by atoms with Crippen LogP contribution in [-0.2, 0) is 0 Å². The van der Waals surface area contributed by atoms with Gasteiger partial charge in [0.05, 0.1) is 22.9 Å². The van der Waals surface area contributed by atoms with Gasteiger partial charge in [0, 0.05) is 31.2 Å². The zero-order chi connectivity index (χ0) is 19.3. The number of anilines is 1. The topological polar surface area (TPSA) is 90.0 Å². The summed E-state index contributed by atoms with van der Waals surface area (Å²) in [5.41, 5.74) is 1.14. The Morgan fingerprint density at radius 2 is 2.21 bits per heavy atom. The predicted molar refractivity (Wildman–Crippen MR) is 105 cm³/mol. The van der Waals surface area contributed by atoms with Gasteiger partial charge in [-0.1, -0.05) is 11.6 Å². The highest BCUT2D eigenvalue weighted by atomic mass is 35.5. The summed E-state index contributed by atoms with van der Waals surface area (Å²) in [7, 11) is 0. The third-order valence-electron chi connectivity index (χ3n) is 5.50. The number of aliphatic hydroxyl groups excluding tert-OH is 1. The van der Waals surface area contributed by atoms with E-state index in [1.165, 1.54) is 6.07 Å². The third kappa shape index (κ3) is 3.11. The van der Waals surface area contributed by atoms with Gasteiger partial charge in [0.25, 0.3) is 0 Å². The maximum atomic E-state index is 14.7. The maximum absolute atomic E-state index is 14.7. The lowest BCUT2D eigenvalue weighted by Gasteiger charge is -2.37. The first-order valence-corrected chi connectivity index (χ1v) is 9.81. The number of piperazine rings is 1. The number of halogens is 2. The molecule has 2 atom stereocenters. The van der Waals surface area contributed by atoms with Crippen molar-refractivity contribution in [1.82, 2.24) is 25.5 Å². The van der Waals surface area contributed by atoms with E-state index in [9.17, 15) is 9.50 Å². The molecule has 0 spiro atoms. The number of H-pyrrole nitrogens is 1. The highest BCUT2D eigenvalue weighted by molar-refractivity contribution is 6.33. The molecule has 5 rings (SSSR count).